The first-order chi connectivity index (χ1) is 16.9. The quantitative estimate of drug-likeness (QED) is 0.135. The molecule has 0 saturated carbocycles. The van der Waals surface area contributed by atoms with Crippen molar-refractivity contribution in [3.05, 3.63) is 67.6 Å². The predicted molar refractivity (Wildman–Crippen MR) is 133 cm³/mol. The Bertz CT molecular complexity index is 1020. The summed E-state index contributed by atoms with van der Waals surface area (Å²) in [5, 5.41) is 23.7. The predicted octanol–water partition coefficient (Wildman–Crippen LogP) is -8.34. The smallest absolute Gasteiger partial charge is 1.00 e. The van der Waals surface area contributed by atoms with Gasteiger partial charge in [0.05, 0.1) is 36.3 Å². The minimum atomic E-state index is -0.383. The summed E-state index contributed by atoms with van der Waals surface area (Å²) in [5.41, 5.74) is 6.36. The molecule has 0 heterocycles. The van der Waals surface area contributed by atoms with E-state index in [1.807, 2.05) is 27.7 Å². The van der Waals surface area contributed by atoms with Gasteiger partial charge in [0.1, 0.15) is 0 Å². The molecule has 0 radical (unpaired) electrons. The second-order valence-electron chi connectivity index (χ2n) is 8.13. The molecule has 0 atom stereocenters. The molecule has 0 aromatic rings. The molecule has 0 aromatic carbocycles. The molecule has 14 heteroatoms. The molecule has 0 aromatic heterocycles. The molecule has 2 aliphatic carbocycles. The molecule has 0 saturated heterocycles. The van der Waals surface area contributed by atoms with Crippen LogP contribution in [0.25, 0.3) is 0 Å². The van der Waals surface area contributed by atoms with Crippen molar-refractivity contribution in [2.45, 2.75) is 69.2 Å². The van der Waals surface area contributed by atoms with Gasteiger partial charge in [0.25, 0.3) is 0 Å². The van der Waals surface area contributed by atoms with Gasteiger partial charge in [-0.15, -0.1) is 0 Å². The first kappa shape index (κ1) is 53.5. The molecule has 0 unspecified atom stereocenters. The zero-order chi connectivity index (χ0) is 27.7. The Morgan fingerprint density at radius 1 is 0.476 bits per heavy atom. The molecular formula is C28H38Cl4O8Rh2. The van der Waals surface area contributed by atoms with E-state index in [-0.39, 0.29) is 112 Å². The van der Waals surface area contributed by atoms with E-state index in [1.165, 1.54) is 0 Å². The zero-order valence-corrected chi connectivity index (χ0v) is 31.6. The van der Waals surface area contributed by atoms with Crippen LogP contribution in [0, 0.1) is 0 Å². The molecule has 2 aliphatic rings. The number of esters is 2. The van der Waals surface area contributed by atoms with Crippen molar-refractivity contribution in [2.75, 3.05) is 26.4 Å². The van der Waals surface area contributed by atoms with Gasteiger partial charge in [-0.05, 0) is 102 Å². The summed E-state index contributed by atoms with van der Waals surface area (Å²) >= 11 is 0. The summed E-state index contributed by atoms with van der Waals surface area (Å²) in [4.78, 5) is 23.7. The Hall–Kier alpha value is -1.01. The van der Waals surface area contributed by atoms with Gasteiger partial charge in [0.15, 0.2) is 0 Å². The van der Waals surface area contributed by atoms with Crippen molar-refractivity contribution < 1.29 is 127 Å². The molecule has 0 bridgehead atoms. The number of rotatable bonds is 8. The number of carbonyl (C=O) groups excluding carboxylic acids is 2. The average molecular weight is 850 g/mol. The van der Waals surface area contributed by atoms with Crippen molar-refractivity contribution >= 4 is 11.9 Å². The summed E-state index contributed by atoms with van der Waals surface area (Å²) in [6.45, 7) is 19.0. The fraction of sp³-hybridized carbons (Fsp3) is 0.500. The van der Waals surface area contributed by atoms with Crippen LogP contribution < -0.4 is 59.8 Å². The Labute approximate surface area is 300 Å². The Kier molecular flexibility index (Phi) is 32.3. The molecule has 0 amide bonds. The number of hydrogen-bond acceptors (Lipinski definition) is 8. The van der Waals surface area contributed by atoms with Crippen LogP contribution >= 0.6 is 0 Å². The molecule has 0 aliphatic heterocycles. The number of allylic oxidation sites excluding steroid dienone is 6. The molecule has 42 heavy (non-hydrogen) atoms. The summed E-state index contributed by atoms with van der Waals surface area (Å²) in [6, 6.07) is 0. The van der Waals surface area contributed by atoms with Crippen LogP contribution in [0.1, 0.15) is 69.2 Å². The molecule has 0 fully saturated rings. The van der Waals surface area contributed by atoms with Crippen LogP contribution in [0.2, 0.25) is 0 Å². The van der Waals surface area contributed by atoms with E-state index in [4.69, 9.17) is 18.9 Å². The van der Waals surface area contributed by atoms with Gasteiger partial charge in [0.2, 0.25) is 0 Å². The number of halogens is 4. The largest absolute Gasteiger partial charge is 3.00 e. The van der Waals surface area contributed by atoms with E-state index >= 15 is 0 Å². The van der Waals surface area contributed by atoms with Crippen LogP contribution in [0.3, 0.4) is 0 Å². The van der Waals surface area contributed by atoms with E-state index in [9.17, 15) is 19.8 Å². The maximum absolute atomic E-state index is 11.9. The average Bonchev–Trinajstić information content (AvgIpc) is 3.16. The topological polar surface area (TPSA) is 117 Å². The fourth-order valence-electron chi connectivity index (χ4n) is 4.16. The van der Waals surface area contributed by atoms with Gasteiger partial charge in [-0.2, -0.15) is 0 Å². The molecule has 8 nitrogen and oxygen atoms in total. The van der Waals surface area contributed by atoms with E-state index in [0.29, 0.717) is 59.9 Å². The van der Waals surface area contributed by atoms with Crippen molar-refractivity contribution in [2.24, 2.45) is 0 Å². The second kappa shape index (κ2) is 25.3. The Balaban J connectivity index is -0.000000135. The molecule has 244 valence electrons. The van der Waals surface area contributed by atoms with Gasteiger partial charge in [0, 0.05) is 11.1 Å². The van der Waals surface area contributed by atoms with Crippen molar-refractivity contribution in [1.82, 2.24) is 0 Å². The van der Waals surface area contributed by atoms with E-state index < -0.39 is 0 Å². The van der Waals surface area contributed by atoms with Gasteiger partial charge in [-0.3, -0.25) is 0 Å². The molecule has 0 spiro atoms. The standard InChI is InChI=1S/2C14H20O4.4ClH.2Rh/c2*1-6-17-13(15)11-8(3)9(4)12(10(11)5)14(16)18-7-2;;;;;;/h2*15H,6-7H2,1-5H3;4*1H;;/q;;;;;;2*+3/p-6. The third-order valence-corrected chi connectivity index (χ3v) is 6.04. The van der Waals surface area contributed by atoms with E-state index in [1.54, 1.807) is 41.5 Å². The summed E-state index contributed by atoms with van der Waals surface area (Å²) in [5.74, 6) is -1.53. The minimum Gasteiger partial charge on any atom is -1.00 e. The van der Waals surface area contributed by atoms with Crippen LogP contribution in [0.5, 0.6) is 0 Å². The third-order valence-electron chi connectivity index (χ3n) is 6.04. The normalized spacial score (nSPS) is 15.7. The SMILES string of the molecule is CCOC(=O)C1=C(C)C(=C([O-])OCC)C(C)=C1C.CCOC(=O)C1=C(C)C(=C([O-])OCC)C(C)=C1C.[Cl-].[Cl-].[Cl-].[Cl-].[Rh+3].[Rh+3]. The Morgan fingerprint density at radius 3 is 0.929 bits per heavy atom. The fourth-order valence-corrected chi connectivity index (χ4v) is 4.16. The van der Waals surface area contributed by atoms with Crippen LogP contribution in [0.15, 0.2) is 67.6 Å². The van der Waals surface area contributed by atoms with Crippen LogP contribution in [0.4, 0.5) is 0 Å². The van der Waals surface area contributed by atoms with Gasteiger partial charge >= 0.3 is 50.9 Å². The maximum atomic E-state index is 11.9. The maximum Gasteiger partial charge on any atom is 3.00 e. The van der Waals surface area contributed by atoms with Crippen LogP contribution in [-0.4, -0.2) is 38.4 Å². The van der Waals surface area contributed by atoms with Crippen molar-refractivity contribution in [3.8, 4) is 0 Å². The second-order valence-corrected chi connectivity index (χ2v) is 8.13. The monoisotopic (exact) mass is 848 g/mol. The first-order valence-electron chi connectivity index (χ1n) is 12.1. The van der Waals surface area contributed by atoms with Gasteiger partial charge in [-0.1, -0.05) is 13.8 Å². The van der Waals surface area contributed by atoms with Crippen molar-refractivity contribution in [3.63, 3.8) is 0 Å². The number of ether oxygens (including phenoxy) is 4. The first-order valence-corrected chi connectivity index (χ1v) is 12.1. The summed E-state index contributed by atoms with van der Waals surface area (Å²) in [7, 11) is 0. The number of hydrogen-bond donors (Lipinski definition) is 0. The third kappa shape index (κ3) is 12.5. The molecular weight excluding hydrogens is 812 g/mol. The molecule has 2 rings (SSSR count). The van der Waals surface area contributed by atoms with Gasteiger partial charge in [-0.25, -0.2) is 9.59 Å². The Morgan fingerprint density at radius 2 is 0.714 bits per heavy atom. The van der Waals surface area contributed by atoms with Gasteiger partial charge < -0.3 is 78.8 Å². The van der Waals surface area contributed by atoms with Crippen LogP contribution in [-0.2, 0) is 67.5 Å². The molecule has 0 N–H and O–H groups in total. The minimum absolute atomic E-state index is 0. The summed E-state index contributed by atoms with van der Waals surface area (Å²) in [6.07, 6.45) is 0. The van der Waals surface area contributed by atoms with E-state index in [0.717, 1.165) is 22.3 Å². The number of carbonyl (C=O) groups is 2. The summed E-state index contributed by atoms with van der Waals surface area (Å²) < 4.78 is 20.0. The van der Waals surface area contributed by atoms with E-state index in [2.05, 4.69) is 0 Å². The van der Waals surface area contributed by atoms with Crippen molar-refractivity contribution in [1.29, 1.82) is 0 Å². The zero-order valence-electron chi connectivity index (χ0n) is 25.3.